The van der Waals surface area contributed by atoms with Crippen LogP contribution in [-0.2, 0) is 6.54 Å². The number of rotatable bonds is 5. The molecular weight excluding hydrogens is 249 g/mol. The van der Waals surface area contributed by atoms with E-state index < -0.39 is 0 Å². The maximum absolute atomic E-state index is 13.5. The van der Waals surface area contributed by atoms with Gasteiger partial charge in [0.15, 0.2) is 5.16 Å². The number of H-pyrrole nitrogens is 1. The van der Waals surface area contributed by atoms with Crippen LogP contribution in [0.3, 0.4) is 0 Å². The van der Waals surface area contributed by atoms with E-state index in [-0.39, 0.29) is 5.82 Å². The molecule has 1 aromatic heterocycles. The smallest absolute Gasteiger partial charge is 0.170 e. The molecule has 1 heterocycles. The van der Waals surface area contributed by atoms with Gasteiger partial charge in [0.05, 0.1) is 0 Å². The fourth-order valence-corrected chi connectivity index (χ4v) is 2.60. The first kappa shape index (κ1) is 11.7. The topological polar surface area (TPSA) is 40.7 Å². The highest BCUT2D eigenvalue weighted by Gasteiger charge is 2.20. The van der Waals surface area contributed by atoms with E-state index in [0.29, 0.717) is 6.04 Å². The van der Waals surface area contributed by atoms with Gasteiger partial charge in [0.1, 0.15) is 5.82 Å². The maximum atomic E-state index is 13.5. The molecule has 0 saturated heterocycles. The molecule has 2 aromatic rings. The van der Waals surface area contributed by atoms with Crippen molar-refractivity contribution in [3.8, 4) is 0 Å². The molecule has 0 bridgehead atoms. The third-order valence-electron chi connectivity index (χ3n) is 2.79. The van der Waals surface area contributed by atoms with Gasteiger partial charge in [0.25, 0.3) is 0 Å². The van der Waals surface area contributed by atoms with Gasteiger partial charge < -0.3 is 10.3 Å². The molecule has 3 nitrogen and oxygen atoms in total. The molecule has 0 atom stereocenters. The van der Waals surface area contributed by atoms with Crippen LogP contribution in [0.2, 0.25) is 0 Å². The second-order valence-electron chi connectivity index (χ2n) is 4.45. The van der Waals surface area contributed by atoms with Crippen LogP contribution in [0.15, 0.2) is 40.6 Å². The molecule has 3 rings (SSSR count). The molecular formula is C13H14FN3S. The van der Waals surface area contributed by atoms with E-state index in [1.807, 2.05) is 6.07 Å². The first-order valence-electron chi connectivity index (χ1n) is 6.00. The van der Waals surface area contributed by atoms with Crippen LogP contribution in [0.5, 0.6) is 0 Å². The quantitative estimate of drug-likeness (QED) is 0.871. The van der Waals surface area contributed by atoms with Gasteiger partial charge in [0, 0.05) is 29.9 Å². The number of benzene rings is 1. The highest BCUT2D eigenvalue weighted by atomic mass is 32.2. The lowest BCUT2D eigenvalue weighted by molar-refractivity contribution is 0.615. The van der Waals surface area contributed by atoms with E-state index in [9.17, 15) is 4.39 Å². The summed E-state index contributed by atoms with van der Waals surface area (Å²) in [4.78, 5) is 8.00. The van der Waals surface area contributed by atoms with Gasteiger partial charge in [-0.2, -0.15) is 0 Å². The van der Waals surface area contributed by atoms with Gasteiger partial charge in [-0.05, 0) is 36.6 Å². The normalized spacial score (nSPS) is 14.9. The lowest BCUT2D eigenvalue weighted by Gasteiger charge is -2.06. The predicted octanol–water partition coefficient (Wildman–Crippen LogP) is 2.95. The number of nitrogens with one attached hydrogen (secondary N) is 2. The zero-order valence-corrected chi connectivity index (χ0v) is 10.6. The molecule has 0 aliphatic heterocycles. The highest BCUT2D eigenvalue weighted by molar-refractivity contribution is 7.99. The van der Waals surface area contributed by atoms with Crippen LogP contribution in [0, 0.1) is 5.82 Å². The second-order valence-corrected chi connectivity index (χ2v) is 5.51. The maximum Gasteiger partial charge on any atom is 0.170 e. The van der Waals surface area contributed by atoms with Gasteiger partial charge in [-0.25, -0.2) is 9.37 Å². The summed E-state index contributed by atoms with van der Waals surface area (Å²) in [6.07, 6.45) is 5.93. The molecule has 2 N–H and O–H groups in total. The number of hydrogen-bond acceptors (Lipinski definition) is 3. The molecule has 18 heavy (non-hydrogen) atoms. The van der Waals surface area contributed by atoms with Crippen LogP contribution in [0.4, 0.5) is 4.39 Å². The lowest BCUT2D eigenvalue weighted by atomic mass is 10.2. The summed E-state index contributed by atoms with van der Waals surface area (Å²) >= 11 is 1.44. The molecule has 0 amide bonds. The molecule has 1 fully saturated rings. The second kappa shape index (κ2) is 5.12. The van der Waals surface area contributed by atoms with Crippen molar-refractivity contribution < 1.29 is 4.39 Å². The Morgan fingerprint density at radius 1 is 1.39 bits per heavy atom. The van der Waals surface area contributed by atoms with Crippen LogP contribution >= 0.6 is 11.8 Å². The van der Waals surface area contributed by atoms with Gasteiger partial charge in [-0.3, -0.25) is 0 Å². The Hall–Kier alpha value is -1.33. The summed E-state index contributed by atoms with van der Waals surface area (Å²) in [6, 6.07) is 5.76. The zero-order chi connectivity index (χ0) is 12.4. The molecule has 0 radical (unpaired) electrons. The Balaban J connectivity index is 1.72. The number of aromatic nitrogens is 2. The molecule has 1 aromatic carbocycles. The van der Waals surface area contributed by atoms with Crippen molar-refractivity contribution in [2.45, 2.75) is 35.5 Å². The minimum atomic E-state index is -0.195. The summed E-state index contributed by atoms with van der Waals surface area (Å²) in [5.74, 6) is -0.195. The summed E-state index contributed by atoms with van der Waals surface area (Å²) in [6.45, 7) is 0.730. The van der Waals surface area contributed by atoms with Crippen LogP contribution < -0.4 is 5.32 Å². The first-order chi connectivity index (χ1) is 8.79. The van der Waals surface area contributed by atoms with Crippen molar-refractivity contribution >= 4 is 11.8 Å². The number of hydrogen-bond donors (Lipinski definition) is 2. The minimum Gasteiger partial charge on any atom is -0.339 e. The summed E-state index contributed by atoms with van der Waals surface area (Å²) < 4.78 is 13.5. The predicted molar refractivity (Wildman–Crippen MR) is 69.0 cm³/mol. The lowest BCUT2D eigenvalue weighted by Crippen LogP contribution is -2.15. The minimum absolute atomic E-state index is 0.195. The number of aromatic amines is 1. The molecule has 1 aliphatic rings. The average molecular weight is 263 g/mol. The van der Waals surface area contributed by atoms with E-state index in [4.69, 9.17) is 0 Å². The van der Waals surface area contributed by atoms with Crippen molar-refractivity contribution in [2.24, 2.45) is 0 Å². The van der Waals surface area contributed by atoms with Gasteiger partial charge in [0.2, 0.25) is 0 Å². The zero-order valence-electron chi connectivity index (χ0n) is 9.82. The Morgan fingerprint density at radius 2 is 2.28 bits per heavy atom. The van der Waals surface area contributed by atoms with Crippen LogP contribution in [0.25, 0.3) is 0 Å². The summed E-state index contributed by atoms with van der Waals surface area (Å²) in [5.41, 5.74) is 0.982. The van der Waals surface area contributed by atoms with Crippen molar-refractivity contribution in [3.63, 3.8) is 0 Å². The van der Waals surface area contributed by atoms with E-state index in [2.05, 4.69) is 15.3 Å². The molecule has 1 saturated carbocycles. The molecule has 94 valence electrons. The summed E-state index contributed by atoms with van der Waals surface area (Å²) in [5, 5.41) is 4.17. The fourth-order valence-electron chi connectivity index (χ4n) is 1.75. The van der Waals surface area contributed by atoms with E-state index in [1.165, 1.54) is 30.7 Å². The first-order valence-corrected chi connectivity index (χ1v) is 6.81. The Labute approximate surface area is 109 Å². The standard InChI is InChI=1S/C13H14FN3S/c14-10-5-9(8-17-11-1-2-11)6-12(7-10)18-13-15-3-4-16-13/h3-7,11,17H,1-2,8H2,(H,15,16). The van der Waals surface area contributed by atoms with E-state index in [0.717, 1.165) is 22.2 Å². The van der Waals surface area contributed by atoms with Gasteiger partial charge in [-0.1, -0.05) is 11.8 Å². The monoisotopic (exact) mass is 263 g/mol. The SMILES string of the molecule is Fc1cc(CNC2CC2)cc(Sc2ncc[nH]2)c1. The average Bonchev–Trinajstić information content (AvgIpc) is 3.04. The largest absolute Gasteiger partial charge is 0.339 e. The molecule has 5 heteroatoms. The van der Waals surface area contributed by atoms with E-state index >= 15 is 0 Å². The summed E-state index contributed by atoms with van der Waals surface area (Å²) in [7, 11) is 0. The number of imidazole rings is 1. The molecule has 0 spiro atoms. The van der Waals surface area contributed by atoms with Crippen molar-refractivity contribution in [1.29, 1.82) is 0 Å². The van der Waals surface area contributed by atoms with Gasteiger partial charge in [-0.15, -0.1) is 0 Å². The van der Waals surface area contributed by atoms with E-state index in [1.54, 1.807) is 18.5 Å². The van der Waals surface area contributed by atoms with Crippen molar-refractivity contribution in [3.05, 3.63) is 42.0 Å². The third kappa shape index (κ3) is 3.11. The van der Waals surface area contributed by atoms with Crippen LogP contribution in [0.1, 0.15) is 18.4 Å². The third-order valence-corrected chi connectivity index (χ3v) is 3.68. The van der Waals surface area contributed by atoms with Crippen molar-refractivity contribution in [2.75, 3.05) is 0 Å². The van der Waals surface area contributed by atoms with Gasteiger partial charge >= 0.3 is 0 Å². The fraction of sp³-hybridized carbons (Fsp3) is 0.308. The molecule has 1 aliphatic carbocycles. The Bertz CT molecular complexity index is 523. The molecule has 0 unspecified atom stereocenters. The number of halogens is 1. The Kier molecular flexibility index (Phi) is 3.34. The van der Waals surface area contributed by atoms with Crippen LogP contribution in [-0.4, -0.2) is 16.0 Å². The van der Waals surface area contributed by atoms with Crippen molar-refractivity contribution in [1.82, 2.24) is 15.3 Å². The number of nitrogens with zero attached hydrogens (tertiary/aromatic N) is 1. The highest BCUT2D eigenvalue weighted by Crippen LogP contribution is 2.26. The Morgan fingerprint density at radius 3 is 3.00 bits per heavy atom.